The Hall–Kier alpha value is 1.91. The minimum Gasteiger partial charge on any atom is -0.645 e. The first-order chi connectivity index (χ1) is 3.06. The van der Waals surface area contributed by atoms with E-state index in [9.17, 15) is 9.79 Å². The Balaban J connectivity index is 0. The van der Waals surface area contributed by atoms with E-state index < -0.39 is 8.09 Å². The molecule has 0 heterocycles. The van der Waals surface area contributed by atoms with E-state index in [1.54, 1.807) is 6.92 Å². The van der Waals surface area contributed by atoms with E-state index in [1.807, 2.05) is 5.09 Å². The van der Waals surface area contributed by atoms with Gasteiger partial charge in [-0.1, -0.05) is 0 Å². The molecule has 0 unspecified atom stereocenters. The van der Waals surface area contributed by atoms with Gasteiger partial charge in [0.05, 0.1) is 0 Å². The van der Waals surface area contributed by atoms with Crippen LogP contribution in [0.2, 0.25) is 0 Å². The van der Waals surface area contributed by atoms with E-state index in [4.69, 9.17) is 4.89 Å². The van der Waals surface area contributed by atoms with Gasteiger partial charge in [0, 0.05) is 6.54 Å². The molecule has 0 bridgehead atoms. The van der Waals surface area contributed by atoms with Gasteiger partial charge in [-0.2, -0.15) is 5.09 Å². The Morgan fingerprint density at radius 1 is 1.62 bits per heavy atom. The second-order valence-corrected chi connectivity index (χ2v) is 2.39. The van der Waals surface area contributed by atoms with Crippen LogP contribution in [-0.4, -0.2) is 11.4 Å². The van der Waals surface area contributed by atoms with Gasteiger partial charge in [-0.3, -0.25) is 0 Å². The third kappa shape index (κ3) is 10.8. The average molecular weight is 163 g/mol. The minimum atomic E-state index is -4.17. The van der Waals surface area contributed by atoms with Gasteiger partial charge in [-0.05, 0) is 6.92 Å². The molecule has 2 N–H and O–H groups in total. The first-order valence-electron chi connectivity index (χ1n) is 1.85. The molecule has 0 aliphatic rings. The second kappa shape index (κ2) is 5.67. The molecular weight excluding hydrogens is 156 g/mol. The summed E-state index contributed by atoms with van der Waals surface area (Å²) in [6.07, 6.45) is 0. The summed E-state index contributed by atoms with van der Waals surface area (Å²) in [6.45, 7) is 1.82. The molecule has 0 radical (unpaired) electrons. The minimum absolute atomic E-state index is 0. The monoisotopic (exact) mass is 163 g/mol. The van der Waals surface area contributed by atoms with Gasteiger partial charge in [0.2, 0.25) is 0 Å². The zero-order valence-corrected chi connectivity index (χ0v) is 8.94. The Kier molecular flexibility index (Phi) is 8.91. The molecule has 0 aromatic heterocycles. The molecule has 0 amide bonds. The molecule has 0 saturated carbocycles. The quantitative estimate of drug-likeness (QED) is 0.315. The average Bonchev–Trinajstić information content (AvgIpc) is 1.30. The summed E-state index contributed by atoms with van der Waals surface area (Å²) < 4.78 is 0. The van der Waals surface area contributed by atoms with E-state index in [0.717, 1.165) is 0 Å². The fraction of sp³-hybridized carbons (Fsp3) is 1.00. The summed E-state index contributed by atoms with van der Waals surface area (Å²) in [5.41, 5.74) is 0. The van der Waals surface area contributed by atoms with Crippen molar-refractivity contribution >= 4 is 8.09 Å². The number of nitrogens with one attached hydrogen (secondary N) is 1. The topological polar surface area (TPSA) is 78.4 Å². The van der Waals surface area contributed by atoms with Crippen LogP contribution in [-0.2, 0) is 0 Å². The third-order valence-electron chi connectivity index (χ3n) is 0.358. The van der Waals surface area contributed by atoms with E-state index in [1.165, 1.54) is 0 Å². The van der Waals surface area contributed by atoms with Gasteiger partial charge in [0.15, 0.2) is 0 Å². The fourth-order valence-corrected chi connectivity index (χ4v) is 0.599. The van der Waals surface area contributed by atoms with Crippen molar-refractivity contribution in [2.75, 3.05) is 6.54 Å². The molecule has 0 aromatic carbocycles. The molecule has 0 aromatic rings. The smallest absolute Gasteiger partial charge is 0.645 e. The molecule has 8 heavy (non-hydrogen) atoms. The SMILES string of the molecule is CCN[P+]([O-])([O-])O.[K+]. The van der Waals surface area contributed by atoms with Crippen LogP contribution in [0, 0.1) is 0 Å². The molecule has 0 fully saturated rings. The third-order valence-corrected chi connectivity index (χ3v) is 1.07. The van der Waals surface area contributed by atoms with Gasteiger partial charge >= 0.3 is 51.4 Å². The fourth-order valence-electron chi connectivity index (χ4n) is 0.200. The zero-order valence-electron chi connectivity index (χ0n) is 4.92. The van der Waals surface area contributed by atoms with E-state index in [0.29, 0.717) is 0 Å². The molecule has 6 heteroatoms. The Bertz CT molecular complexity index is 55.7. The maximum absolute atomic E-state index is 9.70. The van der Waals surface area contributed by atoms with Gasteiger partial charge in [0.1, 0.15) is 8.09 Å². The summed E-state index contributed by atoms with van der Waals surface area (Å²) in [5.74, 6) is 0. The largest absolute Gasteiger partial charge is 1.00 e. The van der Waals surface area contributed by atoms with Crippen molar-refractivity contribution in [3.8, 4) is 0 Å². The van der Waals surface area contributed by atoms with Gasteiger partial charge < -0.3 is 9.79 Å². The summed E-state index contributed by atoms with van der Waals surface area (Å²) in [5, 5.41) is 1.84. The van der Waals surface area contributed by atoms with Crippen LogP contribution >= 0.6 is 8.09 Å². The number of hydrogen-bond acceptors (Lipinski definition) is 4. The predicted octanol–water partition coefficient (Wildman–Crippen LogP) is -5.01. The second-order valence-electron chi connectivity index (χ2n) is 1.03. The van der Waals surface area contributed by atoms with Crippen LogP contribution in [0.1, 0.15) is 6.92 Å². The molecule has 0 saturated heterocycles. The molecule has 44 valence electrons. The van der Waals surface area contributed by atoms with Crippen molar-refractivity contribution in [2.24, 2.45) is 0 Å². The summed E-state index contributed by atoms with van der Waals surface area (Å²) >= 11 is 0. The normalized spacial score (nSPS) is 10.5. The van der Waals surface area contributed by atoms with Crippen molar-refractivity contribution in [3.63, 3.8) is 0 Å². The predicted molar refractivity (Wildman–Crippen MR) is 22.8 cm³/mol. The first-order valence-corrected chi connectivity index (χ1v) is 3.43. The van der Waals surface area contributed by atoms with Gasteiger partial charge in [-0.15, -0.1) is 0 Å². The number of rotatable bonds is 2. The van der Waals surface area contributed by atoms with E-state index >= 15 is 0 Å². The van der Waals surface area contributed by atoms with Crippen molar-refractivity contribution in [3.05, 3.63) is 0 Å². The standard InChI is InChI=1S/C2H8NO3P.K/c1-2-3-7(4,5)6;/h2H2,1H3,(H3,3,4,5,6);/q;+1/p-1. The molecule has 0 rings (SSSR count). The van der Waals surface area contributed by atoms with Crippen molar-refractivity contribution in [1.82, 2.24) is 5.09 Å². The van der Waals surface area contributed by atoms with Crippen molar-refractivity contribution in [2.45, 2.75) is 6.92 Å². The zero-order chi connectivity index (χ0) is 5.91. The van der Waals surface area contributed by atoms with Crippen molar-refractivity contribution < 1.29 is 66.1 Å². The van der Waals surface area contributed by atoms with Gasteiger partial charge in [0.25, 0.3) is 0 Å². The Morgan fingerprint density at radius 3 is 2.00 bits per heavy atom. The molecule has 4 nitrogen and oxygen atoms in total. The summed E-state index contributed by atoms with van der Waals surface area (Å²) in [7, 11) is -4.17. The molecule has 0 atom stereocenters. The van der Waals surface area contributed by atoms with Crippen molar-refractivity contribution in [1.29, 1.82) is 0 Å². The van der Waals surface area contributed by atoms with E-state index in [-0.39, 0.29) is 57.9 Å². The maximum Gasteiger partial charge on any atom is 1.00 e. The first kappa shape index (κ1) is 12.6. The molecule has 0 aliphatic carbocycles. The van der Waals surface area contributed by atoms with E-state index in [2.05, 4.69) is 0 Å². The molecular formula is C2H7KNO3P. The summed E-state index contributed by atoms with van der Waals surface area (Å²) in [4.78, 5) is 27.3. The maximum atomic E-state index is 9.70. The van der Waals surface area contributed by atoms with Crippen LogP contribution < -0.4 is 66.3 Å². The number of hydrogen-bond donors (Lipinski definition) is 2. The molecule has 0 spiro atoms. The van der Waals surface area contributed by atoms with Crippen LogP contribution in [0.3, 0.4) is 0 Å². The summed E-state index contributed by atoms with van der Waals surface area (Å²) in [6, 6.07) is 0. The van der Waals surface area contributed by atoms with Gasteiger partial charge in [-0.25, -0.2) is 4.89 Å². The molecule has 0 aliphatic heterocycles. The van der Waals surface area contributed by atoms with Crippen LogP contribution in [0.15, 0.2) is 0 Å². The van der Waals surface area contributed by atoms with Crippen LogP contribution in [0.4, 0.5) is 0 Å². The Morgan fingerprint density at radius 2 is 2.00 bits per heavy atom. The van der Waals surface area contributed by atoms with Crippen LogP contribution in [0.25, 0.3) is 0 Å². The van der Waals surface area contributed by atoms with Crippen LogP contribution in [0.5, 0.6) is 0 Å². The Labute approximate surface area is 91.4 Å².